The van der Waals surface area contributed by atoms with Crippen molar-refractivity contribution in [2.24, 2.45) is 11.3 Å². The van der Waals surface area contributed by atoms with Gasteiger partial charge in [-0.05, 0) is 61.4 Å². The van der Waals surface area contributed by atoms with E-state index < -0.39 is 0 Å². The van der Waals surface area contributed by atoms with Crippen LogP contribution in [0.4, 0.5) is 0 Å². The summed E-state index contributed by atoms with van der Waals surface area (Å²) in [4.78, 5) is 15.3. The van der Waals surface area contributed by atoms with Crippen LogP contribution in [0.15, 0.2) is 60.8 Å². The minimum absolute atomic E-state index is 0.172. The van der Waals surface area contributed by atoms with E-state index in [9.17, 15) is 4.79 Å². The Morgan fingerprint density at radius 2 is 1.88 bits per heavy atom. The van der Waals surface area contributed by atoms with Gasteiger partial charge in [-0.3, -0.25) is 14.8 Å². The van der Waals surface area contributed by atoms with Gasteiger partial charge in [0.05, 0.1) is 19.0 Å². The Morgan fingerprint density at radius 3 is 2.67 bits per heavy atom. The third kappa shape index (κ3) is 4.67. The van der Waals surface area contributed by atoms with Crippen molar-refractivity contribution in [3.63, 3.8) is 0 Å². The van der Waals surface area contributed by atoms with Crippen molar-refractivity contribution in [2.75, 3.05) is 26.7 Å². The van der Waals surface area contributed by atoms with Gasteiger partial charge in [0.2, 0.25) is 5.91 Å². The highest BCUT2D eigenvalue weighted by Gasteiger charge is 2.58. The summed E-state index contributed by atoms with van der Waals surface area (Å²) >= 11 is 0. The van der Waals surface area contributed by atoms with Crippen molar-refractivity contribution in [1.82, 2.24) is 20.4 Å². The average Bonchev–Trinajstić information content (AvgIpc) is 3.36. The van der Waals surface area contributed by atoms with E-state index in [1.165, 1.54) is 11.1 Å². The first-order chi connectivity index (χ1) is 16.2. The van der Waals surface area contributed by atoms with Crippen LogP contribution in [0, 0.1) is 11.3 Å². The molecule has 0 unspecified atom stereocenters. The lowest BCUT2D eigenvalue weighted by Crippen LogP contribution is -2.37. The van der Waals surface area contributed by atoms with Crippen LogP contribution >= 0.6 is 0 Å². The highest BCUT2D eigenvalue weighted by Crippen LogP contribution is 2.59. The number of nitrogens with zero attached hydrogens (tertiary/aromatic N) is 2. The number of aromatic nitrogens is 2. The number of para-hydroxylation sites is 1. The lowest BCUT2D eigenvalue weighted by atomic mass is 9.90. The van der Waals surface area contributed by atoms with Crippen molar-refractivity contribution < 1.29 is 9.53 Å². The zero-order valence-electron chi connectivity index (χ0n) is 19.2. The van der Waals surface area contributed by atoms with Gasteiger partial charge in [-0.25, -0.2) is 0 Å². The van der Waals surface area contributed by atoms with Crippen molar-refractivity contribution >= 4 is 5.91 Å². The molecule has 33 heavy (non-hydrogen) atoms. The maximum absolute atomic E-state index is 12.8. The van der Waals surface area contributed by atoms with Crippen molar-refractivity contribution in [1.29, 1.82) is 0 Å². The van der Waals surface area contributed by atoms with Gasteiger partial charge < -0.3 is 10.1 Å². The van der Waals surface area contributed by atoms with E-state index in [2.05, 4.69) is 50.7 Å². The van der Waals surface area contributed by atoms with E-state index in [1.54, 1.807) is 7.11 Å². The second kappa shape index (κ2) is 9.40. The molecule has 2 N–H and O–H groups in total. The average molecular weight is 445 g/mol. The van der Waals surface area contributed by atoms with Gasteiger partial charge in [-0.15, -0.1) is 0 Å². The number of aromatic amines is 1. The molecule has 6 nitrogen and oxygen atoms in total. The molecule has 1 spiro atoms. The van der Waals surface area contributed by atoms with Crippen LogP contribution in [0.3, 0.4) is 0 Å². The Labute approximate surface area is 195 Å². The minimum Gasteiger partial charge on any atom is -0.496 e. The second-order valence-electron chi connectivity index (χ2n) is 9.38. The fraction of sp³-hybridized carbons (Fsp3) is 0.407. The quantitative estimate of drug-likeness (QED) is 0.550. The van der Waals surface area contributed by atoms with Crippen LogP contribution in [0.25, 0.3) is 11.3 Å². The number of hydrogen-bond donors (Lipinski definition) is 2. The third-order valence-corrected chi connectivity index (χ3v) is 7.42. The maximum Gasteiger partial charge on any atom is 0.223 e. The van der Waals surface area contributed by atoms with Crippen molar-refractivity contribution in [3.8, 4) is 17.0 Å². The molecule has 1 amide bonds. The number of ether oxygens (including phenoxy) is 1. The number of likely N-dealkylation sites (tertiary alicyclic amines) is 1. The summed E-state index contributed by atoms with van der Waals surface area (Å²) in [6, 6.07) is 18.4. The van der Waals surface area contributed by atoms with Crippen molar-refractivity contribution in [2.45, 2.75) is 32.2 Å². The molecule has 1 aliphatic carbocycles. The third-order valence-electron chi connectivity index (χ3n) is 7.42. The van der Waals surface area contributed by atoms with Crippen LogP contribution in [-0.4, -0.2) is 47.7 Å². The van der Waals surface area contributed by atoms with Crippen LogP contribution in [0.5, 0.6) is 5.75 Å². The van der Waals surface area contributed by atoms with E-state index in [-0.39, 0.29) is 17.2 Å². The lowest BCUT2D eigenvalue weighted by Gasteiger charge is -2.32. The number of hydrogen-bond acceptors (Lipinski definition) is 4. The Morgan fingerprint density at radius 1 is 1.12 bits per heavy atom. The molecule has 6 heteroatoms. The first-order valence-corrected chi connectivity index (χ1v) is 11.9. The molecule has 2 aliphatic rings. The number of methoxy groups -OCH3 is 1. The van der Waals surface area contributed by atoms with Gasteiger partial charge in [-0.1, -0.05) is 48.5 Å². The maximum atomic E-state index is 12.8. The molecule has 1 aliphatic heterocycles. The van der Waals surface area contributed by atoms with E-state index in [4.69, 9.17) is 4.74 Å². The van der Waals surface area contributed by atoms with Gasteiger partial charge in [0.25, 0.3) is 0 Å². The molecule has 3 aromatic rings. The van der Waals surface area contributed by atoms with Crippen LogP contribution in [-0.2, 0) is 17.8 Å². The molecule has 2 heterocycles. The fourth-order valence-electron chi connectivity index (χ4n) is 5.31. The number of piperidine rings is 1. The van der Waals surface area contributed by atoms with Crippen LogP contribution in [0.1, 0.15) is 30.4 Å². The predicted molar refractivity (Wildman–Crippen MR) is 129 cm³/mol. The highest BCUT2D eigenvalue weighted by atomic mass is 16.5. The number of rotatable bonds is 8. The molecule has 5 rings (SSSR count). The molecule has 0 radical (unpaired) electrons. The highest BCUT2D eigenvalue weighted by molar-refractivity contribution is 5.82. The van der Waals surface area contributed by atoms with Crippen molar-refractivity contribution in [3.05, 3.63) is 71.9 Å². The SMILES string of the molecule is COc1ccccc1CCNC(=O)[C@@H]1CC12CCN(Cc1cn[nH]c1-c1ccccc1)CC2. The normalized spacial score (nSPS) is 19.4. The molecule has 0 bridgehead atoms. The molecule has 1 atom stereocenters. The summed E-state index contributed by atoms with van der Waals surface area (Å²) < 4.78 is 5.41. The number of nitrogens with one attached hydrogen (secondary N) is 2. The van der Waals surface area contributed by atoms with Gasteiger partial charge in [0, 0.05) is 24.6 Å². The zero-order valence-corrected chi connectivity index (χ0v) is 19.2. The van der Waals surface area contributed by atoms with E-state index in [0.29, 0.717) is 6.54 Å². The summed E-state index contributed by atoms with van der Waals surface area (Å²) in [5.41, 5.74) is 4.86. The van der Waals surface area contributed by atoms with E-state index >= 15 is 0 Å². The van der Waals surface area contributed by atoms with Gasteiger partial charge in [0.1, 0.15) is 5.75 Å². The molecule has 1 saturated carbocycles. The summed E-state index contributed by atoms with van der Waals surface area (Å²) in [6.45, 7) is 3.61. The number of amides is 1. The summed E-state index contributed by atoms with van der Waals surface area (Å²) in [5.74, 6) is 1.28. The smallest absolute Gasteiger partial charge is 0.223 e. The molecule has 1 saturated heterocycles. The molecule has 1 aromatic heterocycles. The predicted octanol–water partition coefficient (Wildman–Crippen LogP) is 4.05. The largest absolute Gasteiger partial charge is 0.496 e. The Hall–Kier alpha value is -3.12. The molecular weight excluding hydrogens is 412 g/mol. The number of carbonyl (C=O) groups excluding carboxylic acids is 1. The Balaban J connectivity index is 1.10. The van der Waals surface area contributed by atoms with Gasteiger partial charge in [-0.2, -0.15) is 5.10 Å². The number of benzene rings is 2. The summed E-state index contributed by atoms with van der Waals surface area (Å²) in [6.07, 6.45) is 5.95. The lowest BCUT2D eigenvalue weighted by molar-refractivity contribution is -0.123. The fourth-order valence-corrected chi connectivity index (χ4v) is 5.31. The first kappa shape index (κ1) is 21.7. The van der Waals surface area contributed by atoms with E-state index in [0.717, 1.165) is 62.3 Å². The minimum atomic E-state index is 0.172. The molecule has 2 aromatic carbocycles. The van der Waals surface area contributed by atoms with Crippen LogP contribution < -0.4 is 10.1 Å². The second-order valence-corrected chi connectivity index (χ2v) is 9.38. The number of H-pyrrole nitrogens is 1. The Bertz CT molecular complexity index is 1090. The van der Waals surface area contributed by atoms with E-state index in [1.807, 2.05) is 30.5 Å². The molecule has 2 fully saturated rings. The molecular formula is C27H32N4O2. The number of carbonyl (C=O) groups is 1. The molecule has 172 valence electrons. The van der Waals surface area contributed by atoms with Gasteiger partial charge in [0.15, 0.2) is 0 Å². The van der Waals surface area contributed by atoms with Crippen LogP contribution in [0.2, 0.25) is 0 Å². The zero-order chi connectivity index (χ0) is 22.7. The first-order valence-electron chi connectivity index (χ1n) is 11.9. The summed E-state index contributed by atoms with van der Waals surface area (Å²) in [7, 11) is 1.69. The topological polar surface area (TPSA) is 70.2 Å². The monoisotopic (exact) mass is 444 g/mol. The standard InChI is InChI=1S/C27H32N4O2/c1-33-24-10-6-5-7-20(24)11-14-28-26(32)23-17-27(23)12-15-31(16-13-27)19-22-18-29-30-25(22)21-8-3-2-4-9-21/h2-10,18,23H,11-17,19H2,1H3,(H,28,32)(H,29,30)/t23-/m0/s1. The summed E-state index contributed by atoms with van der Waals surface area (Å²) in [5, 5.41) is 10.6. The van der Waals surface area contributed by atoms with Gasteiger partial charge >= 0.3 is 0 Å². The Kier molecular flexibility index (Phi) is 6.18.